The quantitative estimate of drug-likeness (QED) is 0.471. The van der Waals surface area contributed by atoms with Gasteiger partial charge in [0, 0.05) is 17.6 Å². The third kappa shape index (κ3) is 3.23. The van der Waals surface area contributed by atoms with Crippen LogP contribution in [0.4, 0.5) is 10.1 Å². The molecule has 5 rings (SSSR count). The first kappa shape index (κ1) is 18.1. The maximum absolute atomic E-state index is 13.3. The number of rotatable bonds is 3. The molecule has 146 valence electrons. The highest BCUT2D eigenvalue weighted by Crippen LogP contribution is 2.33. The number of thiophene rings is 1. The van der Waals surface area contributed by atoms with Crippen LogP contribution in [-0.2, 0) is 13.0 Å². The first-order valence-electron chi connectivity index (χ1n) is 9.71. The highest BCUT2D eigenvalue weighted by molar-refractivity contribution is 7.20. The van der Waals surface area contributed by atoms with Gasteiger partial charge in [-0.15, -0.1) is 11.3 Å². The molecular weight excluding hydrogens is 385 g/mol. The van der Waals surface area contributed by atoms with E-state index in [1.165, 1.54) is 29.0 Å². The summed E-state index contributed by atoms with van der Waals surface area (Å²) in [6.07, 6.45) is 1.99. The van der Waals surface area contributed by atoms with Crippen LogP contribution in [-0.4, -0.2) is 22.2 Å². The van der Waals surface area contributed by atoms with Crippen LogP contribution >= 0.6 is 11.3 Å². The summed E-state index contributed by atoms with van der Waals surface area (Å²) >= 11 is 1.48. The second-order valence-electron chi connectivity index (χ2n) is 7.39. The molecule has 0 N–H and O–H groups in total. The van der Waals surface area contributed by atoms with Crippen molar-refractivity contribution in [2.45, 2.75) is 26.3 Å². The summed E-state index contributed by atoms with van der Waals surface area (Å²) < 4.78 is 15.1. The standard InChI is InChI=1S/C23H20FN3OS/c1-15-19-13-21(22(28)26-12-4-6-17-5-2-3-7-20(17)26)29-23(19)27(25-15)14-16-8-10-18(24)11-9-16/h2-3,5,7-11,13H,4,6,12,14H2,1H3. The lowest BCUT2D eigenvalue weighted by molar-refractivity contribution is 0.0989. The number of hydrogen-bond donors (Lipinski definition) is 0. The second-order valence-corrected chi connectivity index (χ2v) is 8.42. The van der Waals surface area contributed by atoms with Gasteiger partial charge in [0.25, 0.3) is 5.91 Å². The Morgan fingerprint density at radius 1 is 1.17 bits per heavy atom. The number of para-hydroxylation sites is 1. The summed E-state index contributed by atoms with van der Waals surface area (Å²) in [5, 5.41) is 5.63. The molecule has 6 heteroatoms. The number of halogens is 1. The predicted molar refractivity (Wildman–Crippen MR) is 114 cm³/mol. The Hall–Kier alpha value is -2.99. The summed E-state index contributed by atoms with van der Waals surface area (Å²) in [6, 6.07) is 16.6. The smallest absolute Gasteiger partial charge is 0.268 e. The number of aromatic nitrogens is 2. The van der Waals surface area contributed by atoms with Crippen molar-refractivity contribution in [1.29, 1.82) is 0 Å². The van der Waals surface area contributed by atoms with Gasteiger partial charge >= 0.3 is 0 Å². The fourth-order valence-electron chi connectivity index (χ4n) is 3.97. The zero-order chi connectivity index (χ0) is 20.0. The molecule has 1 amide bonds. The first-order valence-corrected chi connectivity index (χ1v) is 10.5. The highest BCUT2D eigenvalue weighted by Gasteiger charge is 2.25. The molecule has 0 saturated heterocycles. The molecule has 0 radical (unpaired) electrons. The zero-order valence-corrected chi connectivity index (χ0v) is 16.9. The van der Waals surface area contributed by atoms with E-state index in [1.807, 2.05) is 40.8 Å². The van der Waals surface area contributed by atoms with Gasteiger partial charge in [0.2, 0.25) is 0 Å². The monoisotopic (exact) mass is 405 g/mol. The molecule has 2 aromatic carbocycles. The van der Waals surface area contributed by atoms with E-state index >= 15 is 0 Å². The summed E-state index contributed by atoms with van der Waals surface area (Å²) in [5.41, 5.74) is 4.12. The van der Waals surface area contributed by atoms with E-state index in [-0.39, 0.29) is 11.7 Å². The summed E-state index contributed by atoms with van der Waals surface area (Å²) in [5.74, 6) is -0.201. The number of benzene rings is 2. The molecular formula is C23H20FN3OS. The van der Waals surface area contributed by atoms with Crippen LogP contribution in [0.15, 0.2) is 54.6 Å². The lowest BCUT2D eigenvalue weighted by Gasteiger charge is -2.29. The van der Waals surface area contributed by atoms with Gasteiger partial charge in [-0.2, -0.15) is 5.10 Å². The molecule has 0 fully saturated rings. The number of hydrogen-bond acceptors (Lipinski definition) is 3. The molecule has 0 aliphatic carbocycles. The van der Waals surface area contributed by atoms with Gasteiger partial charge in [-0.25, -0.2) is 4.39 Å². The van der Waals surface area contributed by atoms with Crippen LogP contribution < -0.4 is 4.90 Å². The van der Waals surface area contributed by atoms with Gasteiger partial charge in [0.15, 0.2) is 0 Å². The minimum absolute atomic E-state index is 0.0473. The minimum atomic E-state index is -0.249. The van der Waals surface area contributed by atoms with Crippen molar-refractivity contribution < 1.29 is 9.18 Å². The minimum Gasteiger partial charge on any atom is -0.307 e. The molecule has 0 atom stereocenters. The van der Waals surface area contributed by atoms with Crippen LogP contribution in [0, 0.1) is 12.7 Å². The zero-order valence-electron chi connectivity index (χ0n) is 16.1. The molecule has 0 spiro atoms. The van der Waals surface area contributed by atoms with Crippen molar-refractivity contribution in [2.24, 2.45) is 0 Å². The normalized spacial score (nSPS) is 13.7. The molecule has 29 heavy (non-hydrogen) atoms. The number of anilines is 1. The summed E-state index contributed by atoms with van der Waals surface area (Å²) in [6.45, 7) is 3.25. The van der Waals surface area contributed by atoms with Gasteiger partial charge in [-0.3, -0.25) is 9.48 Å². The van der Waals surface area contributed by atoms with Crippen LogP contribution in [0.2, 0.25) is 0 Å². The van der Waals surface area contributed by atoms with Crippen molar-refractivity contribution in [2.75, 3.05) is 11.4 Å². The molecule has 4 nitrogen and oxygen atoms in total. The number of carbonyl (C=O) groups excluding carboxylic acids is 1. The number of amides is 1. The fraction of sp³-hybridized carbons (Fsp3) is 0.217. The first-order chi connectivity index (χ1) is 14.1. The topological polar surface area (TPSA) is 38.1 Å². The molecule has 1 aliphatic rings. The van der Waals surface area contributed by atoms with Gasteiger partial charge in [-0.05, 0) is 55.2 Å². The fourth-order valence-corrected chi connectivity index (χ4v) is 5.08. The van der Waals surface area contributed by atoms with E-state index in [0.29, 0.717) is 6.54 Å². The van der Waals surface area contributed by atoms with Crippen LogP contribution in [0.5, 0.6) is 0 Å². The highest BCUT2D eigenvalue weighted by atomic mass is 32.1. The Balaban J connectivity index is 1.49. The lowest BCUT2D eigenvalue weighted by atomic mass is 10.0. The predicted octanol–water partition coefficient (Wildman–Crippen LogP) is 5.19. The van der Waals surface area contributed by atoms with Crippen molar-refractivity contribution in [3.63, 3.8) is 0 Å². The van der Waals surface area contributed by atoms with Gasteiger partial charge in [0.1, 0.15) is 10.6 Å². The molecule has 0 saturated carbocycles. The van der Waals surface area contributed by atoms with Gasteiger partial charge < -0.3 is 4.90 Å². The van der Waals surface area contributed by atoms with Crippen molar-refractivity contribution >= 4 is 33.1 Å². The van der Waals surface area contributed by atoms with Crippen LogP contribution in [0.25, 0.3) is 10.2 Å². The molecule has 0 bridgehead atoms. The molecule has 0 unspecified atom stereocenters. The summed E-state index contributed by atoms with van der Waals surface area (Å²) in [4.78, 5) is 16.9. The SMILES string of the molecule is Cc1nn(Cc2ccc(F)cc2)c2sc(C(=O)N3CCCc4ccccc43)cc12. The Morgan fingerprint density at radius 2 is 1.97 bits per heavy atom. The number of carbonyl (C=O) groups is 1. The maximum atomic E-state index is 13.3. The molecule has 2 aromatic heterocycles. The van der Waals surface area contributed by atoms with E-state index < -0.39 is 0 Å². The average molecular weight is 405 g/mol. The van der Waals surface area contributed by atoms with Gasteiger partial charge in [-0.1, -0.05) is 30.3 Å². The van der Waals surface area contributed by atoms with E-state index in [0.717, 1.165) is 51.4 Å². The third-order valence-electron chi connectivity index (χ3n) is 5.42. The number of aryl methyl sites for hydroxylation is 2. The summed E-state index contributed by atoms with van der Waals surface area (Å²) in [7, 11) is 0. The van der Waals surface area contributed by atoms with E-state index in [9.17, 15) is 9.18 Å². The molecule has 4 aromatic rings. The van der Waals surface area contributed by atoms with E-state index in [4.69, 9.17) is 0 Å². The largest absolute Gasteiger partial charge is 0.307 e. The maximum Gasteiger partial charge on any atom is 0.268 e. The number of fused-ring (bicyclic) bond motifs is 2. The van der Waals surface area contributed by atoms with Crippen molar-refractivity contribution in [3.8, 4) is 0 Å². The Kier molecular flexibility index (Phi) is 4.43. The van der Waals surface area contributed by atoms with Crippen molar-refractivity contribution in [3.05, 3.63) is 82.1 Å². The van der Waals surface area contributed by atoms with Crippen LogP contribution in [0.3, 0.4) is 0 Å². The number of nitrogens with zero attached hydrogens (tertiary/aromatic N) is 3. The van der Waals surface area contributed by atoms with Crippen molar-refractivity contribution in [1.82, 2.24) is 9.78 Å². The second kappa shape index (κ2) is 7.12. The van der Waals surface area contributed by atoms with Gasteiger partial charge in [0.05, 0.1) is 17.1 Å². The van der Waals surface area contributed by atoms with E-state index in [2.05, 4.69) is 11.2 Å². The Labute approximate surface area is 172 Å². The Bertz CT molecular complexity index is 1210. The van der Waals surface area contributed by atoms with Crippen LogP contribution in [0.1, 0.15) is 32.9 Å². The average Bonchev–Trinajstić information content (AvgIpc) is 3.30. The van der Waals surface area contributed by atoms with E-state index in [1.54, 1.807) is 12.1 Å². The Morgan fingerprint density at radius 3 is 2.79 bits per heavy atom. The lowest BCUT2D eigenvalue weighted by Crippen LogP contribution is -2.34. The third-order valence-corrected chi connectivity index (χ3v) is 6.56. The molecule has 3 heterocycles. The molecule has 1 aliphatic heterocycles.